The monoisotopic (exact) mass is 1750 g/mol. The molecule has 8 aromatic carbocycles. The number of halogens is 1. The molecule has 8 aliphatic rings. The number of aliphatic imine (C=N–C) groups is 4. The van der Waals surface area contributed by atoms with Crippen LogP contribution in [0.25, 0.3) is 0 Å². The van der Waals surface area contributed by atoms with Gasteiger partial charge in [0, 0.05) is 152 Å². The lowest BCUT2D eigenvalue weighted by Crippen LogP contribution is -2.52. The summed E-state index contributed by atoms with van der Waals surface area (Å²) in [5.41, 5.74) is 6.87. The summed E-state index contributed by atoms with van der Waals surface area (Å²) in [4.78, 5) is 72.8. The van der Waals surface area contributed by atoms with Crippen molar-refractivity contribution in [1.29, 1.82) is 0 Å². The van der Waals surface area contributed by atoms with E-state index in [4.69, 9.17) is 53.1 Å². The van der Waals surface area contributed by atoms with Crippen molar-refractivity contribution in [2.24, 2.45) is 36.2 Å². The van der Waals surface area contributed by atoms with Crippen LogP contribution < -0.4 is 33.2 Å². The number of aliphatic carboxylic acids is 3. The lowest BCUT2D eigenvalue weighted by Gasteiger charge is -2.39. The number of hydrogen-bond acceptors (Lipinski definition) is 25. The number of amidine groups is 4. The summed E-state index contributed by atoms with van der Waals surface area (Å²) >= 11 is 3.53. The van der Waals surface area contributed by atoms with Crippen LogP contribution in [0.3, 0.4) is 0 Å². The molecule has 0 unspecified atom stereocenters. The Morgan fingerprint density at radius 1 is 0.387 bits per heavy atom. The van der Waals surface area contributed by atoms with Crippen molar-refractivity contribution < 1.29 is 62.9 Å². The van der Waals surface area contributed by atoms with Gasteiger partial charge in [-0.05, 0) is 177 Å². The Hall–Kier alpha value is -12.0. The van der Waals surface area contributed by atoms with Crippen molar-refractivity contribution in [3.8, 4) is 63.2 Å². The van der Waals surface area contributed by atoms with E-state index in [1.807, 2.05) is 133 Å². The number of nitrogens with one attached hydrogen (secondary N) is 1. The van der Waals surface area contributed by atoms with Crippen molar-refractivity contribution in [2.75, 3.05) is 152 Å². The molecule has 652 valence electrons. The molecule has 8 aliphatic heterocycles. The van der Waals surface area contributed by atoms with Crippen molar-refractivity contribution >= 4 is 79.9 Å². The van der Waals surface area contributed by atoms with Crippen LogP contribution in [0.5, 0.6) is 63.2 Å². The van der Waals surface area contributed by atoms with E-state index in [1.54, 1.807) is 62.9 Å². The lowest BCUT2D eigenvalue weighted by molar-refractivity contribution is -0.149. The summed E-state index contributed by atoms with van der Waals surface area (Å²) < 4.78 is 42.0. The van der Waals surface area contributed by atoms with E-state index in [2.05, 4.69) is 128 Å². The number of fused-ring (bicyclic) bond motifs is 8. The van der Waals surface area contributed by atoms with Crippen molar-refractivity contribution in [2.45, 2.75) is 81.1 Å². The molecule has 0 spiro atoms. The first-order valence-corrected chi connectivity index (χ1v) is 42.8. The van der Waals surface area contributed by atoms with Gasteiger partial charge in [-0.2, -0.15) is 5.21 Å². The van der Waals surface area contributed by atoms with E-state index >= 15 is 0 Å². The number of nitrogens with zero attached hydrogens (tertiary/aromatic N) is 15. The summed E-state index contributed by atoms with van der Waals surface area (Å²) in [6.07, 6.45) is 0.631. The molecule has 1 aromatic heterocycles. The minimum atomic E-state index is -0.783. The first-order chi connectivity index (χ1) is 59.4. The normalized spacial score (nSPS) is 16.6. The first-order valence-electron chi connectivity index (χ1n) is 42.0. The van der Waals surface area contributed by atoms with Crippen LogP contribution in [0.1, 0.15) is 101 Å². The summed E-state index contributed by atoms with van der Waals surface area (Å²) in [7, 11) is 4.90. The van der Waals surface area contributed by atoms with E-state index in [0.717, 1.165) is 236 Å². The highest BCUT2D eigenvalue weighted by atomic mass is 79.9. The van der Waals surface area contributed by atoms with Crippen LogP contribution in [-0.4, -0.2) is 269 Å². The number of aromatic nitrogens is 4. The van der Waals surface area contributed by atoms with Crippen molar-refractivity contribution in [3.05, 3.63) is 201 Å². The van der Waals surface area contributed by atoms with E-state index in [9.17, 15) is 29.7 Å². The van der Waals surface area contributed by atoms with Gasteiger partial charge in [-0.3, -0.25) is 34.0 Å². The second kappa shape index (κ2) is 38.0. The third-order valence-corrected chi connectivity index (χ3v) is 24.0. The molecule has 4 N–H and O–H groups in total. The quantitative estimate of drug-likeness (QED) is 0.0698. The second-order valence-corrected chi connectivity index (χ2v) is 35.7. The molecule has 0 radical (unpaired) electrons. The predicted octanol–water partition coefficient (Wildman–Crippen LogP) is 15.6. The van der Waals surface area contributed by atoms with Gasteiger partial charge in [-0.25, -0.2) is 20.0 Å². The molecule has 124 heavy (non-hydrogen) atoms. The molecular formula is C94H111BrN16O13. The van der Waals surface area contributed by atoms with Gasteiger partial charge in [0.25, 0.3) is 0 Å². The molecule has 0 amide bonds. The van der Waals surface area contributed by atoms with Gasteiger partial charge in [0.1, 0.15) is 86.3 Å². The van der Waals surface area contributed by atoms with Crippen LogP contribution >= 0.6 is 15.9 Å². The molecule has 4 fully saturated rings. The SMILES string of the molecule is CC(C)(CN1CCN(C2=Nc3ccccc3Oc3ccccc32)CC1)c1nn[nH]n1.COc1ccc2c(c1)N=C(N1CCN(CC(C)(C)C(=O)O)CC1)c1ccc(OC)cc1O2.COc1ccc2c(c1)N=C(N1CCN(CCC(C)(C)C(=O)O)CC1)c1cc(C)ccc1O2.Cc1ccc2c(c1)Oc1ccc(Br)cc1N=C2N1CCN(CC(C)(C)C(=O)O)CC1. The van der Waals surface area contributed by atoms with Crippen LogP contribution in [0.4, 0.5) is 22.7 Å². The van der Waals surface area contributed by atoms with Gasteiger partial charge < -0.3 is 68.1 Å². The maximum Gasteiger partial charge on any atom is 0.310 e. The predicted molar refractivity (Wildman–Crippen MR) is 482 cm³/mol. The van der Waals surface area contributed by atoms with Crippen molar-refractivity contribution in [1.82, 2.24) is 59.8 Å². The van der Waals surface area contributed by atoms with Crippen LogP contribution in [-0.2, 0) is 19.8 Å². The number of benzene rings is 8. The first kappa shape index (κ1) is 88.4. The molecule has 9 aromatic rings. The number of carboxylic acids is 3. The molecular weight excluding hydrogens is 1640 g/mol. The molecule has 30 heteroatoms. The number of aryl methyl sites for hydroxylation is 2. The Balaban J connectivity index is 0.000000135. The maximum absolute atomic E-state index is 11.5. The Bertz CT molecular complexity index is 5490. The fraction of sp³-hybridized carbons (Fsp3) is 0.404. The third-order valence-electron chi connectivity index (χ3n) is 23.5. The highest BCUT2D eigenvalue weighted by molar-refractivity contribution is 9.10. The second-order valence-electron chi connectivity index (χ2n) is 34.8. The zero-order valence-corrected chi connectivity index (χ0v) is 74.5. The molecule has 0 aliphatic carbocycles. The third kappa shape index (κ3) is 20.9. The summed E-state index contributed by atoms with van der Waals surface area (Å²) in [5.74, 6) is 10.3. The Morgan fingerprint density at radius 3 is 1.26 bits per heavy atom. The van der Waals surface area contributed by atoms with E-state index in [1.165, 1.54) is 0 Å². The Labute approximate surface area is 732 Å². The molecule has 0 bridgehead atoms. The molecule has 29 nitrogen and oxygen atoms in total. The van der Waals surface area contributed by atoms with Gasteiger partial charge in [-0.15, -0.1) is 10.2 Å². The summed E-state index contributed by atoms with van der Waals surface area (Å²) in [6, 6.07) is 51.3. The van der Waals surface area contributed by atoms with Crippen molar-refractivity contribution in [3.63, 3.8) is 0 Å². The smallest absolute Gasteiger partial charge is 0.310 e. The summed E-state index contributed by atoms with van der Waals surface area (Å²) in [5, 5.41) is 42.9. The fourth-order valence-electron chi connectivity index (χ4n) is 15.9. The standard InChI is InChI=1S/C25H31N3O4.C24H29N3O5.C23H26BrN3O3.C22H25N7O/c1-17-5-7-21-19(15-17)23(26-20-16-18(31-4)6-8-22(20)32-21)28-13-11-27(12-14-28)10-9-25(2,3)24(29)30;1-24(2,23(28)29)15-26-9-11-27(12-10-26)22-18-7-5-17(31-4)14-21(18)32-20-8-6-16(30-3)13-19(20)25-22;1-15-4-6-17-20(12-15)30-19-7-5-16(24)13-18(19)25-21(17)27-10-8-26(9-11-27)14-23(2,3)22(28)29;1-22(2,21-24-26-27-25-21)15-28-11-13-29(14-12-28)20-16-7-3-5-9-18(16)30-19-10-6-4-8-17(19)23-20/h5-8,15-16H,9-14H2,1-4H3,(H,29,30);5-8,13-14H,9-12,15H2,1-4H3,(H,28,29);4-7,12-13H,8-11,14H2,1-3H3,(H,28,29);3-10H,11-15H2,1-2H3,(H,24,25,26,27). The lowest BCUT2D eigenvalue weighted by atomic mass is 9.89. The van der Waals surface area contributed by atoms with E-state index in [0.29, 0.717) is 53.9 Å². The molecule has 17 rings (SSSR count). The fourth-order valence-corrected chi connectivity index (χ4v) is 16.2. The molecule has 9 heterocycles. The number of rotatable bonds is 16. The maximum atomic E-state index is 11.5. The van der Waals surface area contributed by atoms with Gasteiger partial charge in [-0.1, -0.05) is 77.0 Å². The van der Waals surface area contributed by atoms with Gasteiger partial charge >= 0.3 is 17.9 Å². The minimum Gasteiger partial charge on any atom is -0.497 e. The largest absolute Gasteiger partial charge is 0.497 e. The zero-order chi connectivity index (χ0) is 87.8. The number of carboxylic acid groups (broad SMARTS) is 3. The number of aromatic amines is 1. The molecule has 4 saturated heterocycles. The Morgan fingerprint density at radius 2 is 0.758 bits per heavy atom. The minimum absolute atomic E-state index is 0.158. The average Bonchev–Trinajstić information content (AvgIpc) is 1.63. The van der Waals surface area contributed by atoms with E-state index < -0.39 is 34.2 Å². The zero-order valence-electron chi connectivity index (χ0n) is 72.9. The van der Waals surface area contributed by atoms with Gasteiger partial charge in [0.05, 0.1) is 59.8 Å². The Kier molecular flexibility index (Phi) is 27.1. The molecule has 0 atom stereocenters. The van der Waals surface area contributed by atoms with Crippen LogP contribution in [0, 0.1) is 30.1 Å². The number of H-pyrrole nitrogens is 1. The van der Waals surface area contributed by atoms with Crippen LogP contribution in [0.2, 0.25) is 0 Å². The van der Waals surface area contributed by atoms with Gasteiger partial charge in [0.15, 0.2) is 28.8 Å². The van der Waals surface area contributed by atoms with E-state index in [-0.39, 0.29) is 5.41 Å². The highest BCUT2D eigenvalue weighted by Gasteiger charge is 2.38. The molecule has 0 saturated carbocycles. The number of para-hydroxylation sites is 3. The number of piperazine rings is 4. The summed E-state index contributed by atoms with van der Waals surface area (Å²) in [6.45, 7) is 35.0. The number of carbonyl (C=O) groups is 3. The number of methoxy groups -OCH3 is 3. The topological polar surface area (TPSA) is 306 Å². The van der Waals surface area contributed by atoms with Crippen LogP contribution in [0.15, 0.2) is 182 Å². The number of tetrazole rings is 1. The van der Waals surface area contributed by atoms with Gasteiger partial charge in [0.2, 0.25) is 0 Å². The average molecular weight is 1750 g/mol. The highest BCUT2D eigenvalue weighted by Crippen LogP contribution is 2.46. The number of ether oxygens (including phenoxy) is 7. The number of hydrogen-bond donors (Lipinski definition) is 4.